The van der Waals surface area contributed by atoms with Crippen LogP contribution in [-0.2, 0) is 4.79 Å². The second-order valence-corrected chi connectivity index (χ2v) is 6.96. The number of halogens is 1. The van der Waals surface area contributed by atoms with Crippen molar-refractivity contribution < 1.29 is 4.79 Å². The molecule has 1 amide bonds. The van der Waals surface area contributed by atoms with Gasteiger partial charge in [0.25, 0.3) is 0 Å². The fourth-order valence-electron chi connectivity index (χ4n) is 4.79. The number of rotatable bonds is 2. The van der Waals surface area contributed by atoms with Crippen LogP contribution >= 0.6 is 15.9 Å². The Morgan fingerprint density at radius 3 is 1.87 bits per heavy atom. The maximum Gasteiger partial charge on any atom is 0.231 e. The molecule has 2 N–H and O–H groups in total. The van der Waals surface area contributed by atoms with Crippen molar-refractivity contribution in [3.05, 3.63) is 0 Å². The number of primary amides is 1. The van der Waals surface area contributed by atoms with Crippen LogP contribution in [0, 0.1) is 23.2 Å². The molecule has 15 heavy (non-hydrogen) atoms. The van der Waals surface area contributed by atoms with Crippen LogP contribution in [0.5, 0.6) is 0 Å². The summed E-state index contributed by atoms with van der Waals surface area (Å²) in [4.78, 5) is 11.3. The van der Waals surface area contributed by atoms with Gasteiger partial charge in [0.2, 0.25) is 5.91 Å². The summed E-state index contributed by atoms with van der Waals surface area (Å²) >= 11 is 3.56. The molecule has 4 aliphatic rings. The fraction of sp³-hybridized carbons (Fsp3) is 0.917. The Kier molecular flexibility index (Phi) is 2.17. The smallest absolute Gasteiger partial charge is 0.231 e. The topological polar surface area (TPSA) is 43.1 Å². The Labute approximate surface area is 99.1 Å². The van der Waals surface area contributed by atoms with Gasteiger partial charge in [0.1, 0.15) is 0 Å². The van der Waals surface area contributed by atoms with E-state index in [-0.39, 0.29) is 16.1 Å². The molecular weight excluding hydrogens is 254 g/mol. The van der Waals surface area contributed by atoms with Gasteiger partial charge in [-0.1, -0.05) is 15.9 Å². The first kappa shape index (κ1) is 10.1. The predicted octanol–water partition coefficient (Wildman–Crippen LogP) is 2.45. The summed E-state index contributed by atoms with van der Waals surface area (Å²) in [5.41, 5.74) is 5.69. The van der Waals surface area contributed by atoms with Crippen LogP contribution < -0.4 is 5.73 Å². The number of alkyl halides is 1. The highest BCUT2D eigenvalue weighted by Gasteiger charge is 2.54. The number of hydrogen-bond donors (Lipinski definition) is 1. The van der Waals surface area contributed by atoms with Crippen LogP contribution in [0.15, 0.2) is 0 Å². The van der Waals surface area contributed by atoms with Crippen LogP contribution in [0.4, 0.5) is 0 Å². The second kappa shape index (κ2) is 3.22. The summed E-state index contributed by atoms with van der Waals surface area (Å²) in [6.45, 7) is 0. The normalized spacial score (nSPS) is 49.3. The lowest BCUT2D eigenvalue weighted by atomic mass is 9.49. The van der Waals surface area contributed by atoms with E-state index in [4.69, 9.17) is 5.73 Å². The van der Waals surface area contributed by atoms with Crippen LogP contribution in [0.25, 0.3) is 0 Å². The molecule has 0 spiro atoms. The summed E-state index contributed by atoms with van der Waals surface area (Å²) in [5.74, 6) is 2.50. The van der Waals surface area contributed by atoms with Gasteiger partial charge < -0.3 is 5.73 Å². The van der Waals surface area contributed by atoms with Gasteiger partial charge in [-0.2, -0.15) is 0 Å². The third-order valence-electron chi connectivity index (χ3n) is 4.87. The van der Waals surface area contributed by atoms with E-state index in [0.717, 1.165) is 17.8 Å². The Morgan fingerprint density at radius 1 is 1.13 bits per heavy atom. The minimum atomic E-state index is -0.156. The minimum Gasteiger partial charge on any atom is -0.369 e. The highest BCUT2D eigenvalue weighted by Crippen LogP contribution is 2.62. The van der Waals surface area contributed by atoms with Crippen molar-refractivity contribution in [1.29, 1.82) is 0 Å². The largest absolute Gasteiger partial charge is 0.369 e. The molecule has 4 saturated carbocycles. The Morgan fingerprint density at radius 2 is 1.53 bits per heavy atom. The first-order chi connectivity index (χ1) is 7.09. The highest BCUT2D eigenvalue weighted by molar-refractivity contribution is 9.10. The average Bonchev–Trinajstić information content (AvgIpc) is 2.14. The van der Waals surface area contributed by atoms with Gasteiger partial charge in [-0.25, -0.2) is 0 Å². The van der Waals surface area contributed by atoms with Crippen LogP contribution in [0.3, 0.4) is 0 Å². The van der Waals surface area contributed by atoms with E-state index in [1.54, 1.807) is 0 Å². The molecule has 4 rings (SSSR count). The van der Waals surface area contributed by atoms with Gasteiger partial charge in [0, 0.05) is 0 Å². The number of hydrogen-bond acceptors (Lipinski definition) is 1. The quantitative estimate of drug-likeness (QED) is 0.771. The third kappa shape index (κ3) is 1.46. The Bertz CT molecular complexity index is 267. The van der Waals surface area contributed by atoms with Crippen molar-refractivity contribution in [2.24, 2.45) is 28.9 Å². The molecule has 0 aromatic heterocycles. The van der Waals surface area contributed by atoms with E-state index >= 15 is 0 Å². The van der Waals surface area contributed by atoms with Crippen molar-refractivity contribution in [2.45, 2.75) is 43.4 Å². The van der Waals surface area contributed by atoms with Crippen molar-refractivity contribution in [1.82, 2.24) is 0 Å². The molecule has 0 heterocycles. The van der Waals surface area contributed by atoms with Gasteiger partial charge in [0.05, 0.1) is 4.83 Å². The maximum absolute atomic E-state index is 11.4. The standard InChI is InChI=1S/C12H18BrNO/c13-10(11(14)15)12-4-7-1-8(5-12)3-9(2-7)6-12/h7-10H,1-6H2,(H2,14,15)/t7?,8?,9?,10-,12?/m1/s1. The zero-order valence-electron chi connectivity index (χ0n) is 8.92. The lowest BCUT2D eigenvalue weighted by Gasteiger charge is -2.58. The number of nitrogens with two attached hydrogens (primary N) is 1. The Balaban J connectivity index is 1.89. The number of amides is 1. The van der Waals surface area contributed by atoms with E-state index in [9.17, 15) is 4.79 Å². The molecule has 0 unspecified atom stereocenters. The van der Waals surface area contributed by atoms with E-state index in [1.165, 1.54) is 38.5 Å². The Hall–Kier alpha value is -0.0500. The maximum atomic E-state index is 11.4. The number of carbonyl (C=O) groups excluding carboxylic acids is 1. The molecular formula is C12H18BrNO. The molecule has 84 valence electrons. The lowest BCUT2D eigenvalue weighted by molar-refractivity contribution is -0.124. The monoisotopic (exact) mass is 271 g/mol. The summed E-state index contributed by atoms with van der Waals surface area (Å²) < 4.78 is 0. The van der Waals surface area contributed by atoms with Crippen molar-refractivity contribution >= 4 is 21.8 Å². The molecule has 3 heteroatoms. The van der Waals surface area contributed by atoms with Crippen LogP contribution in [0.1, 0.15) is 38.5 Å². The molecule has 0 aromatic carbocycles. The molecule has 4 bridgehead atoms. The molecule has 4 fully saturated rings. The predicted molar refractivity (Wildman–Crippen MR) is 62.5 cm³/mol. The van der Waals surface area contributed by atoms with Gasteiger partial charge >= 0.3 is 0 Å². The molecule has 0 saturated heterocycles. The van der Waals surface area contributed by atoms with Gasteiger partial charge in [-0.05, 0) is 61.7 Å². The SMILES string of the molecule is NC(=O)[C@@H](Br)C12CC3CC(CC(C3)C1)C2. The van der Waals surface area contributed by atoms with E-state index in [2.05, 4.69) is 15.9 Å². The first-order valence-electron chi connectivity index (χ1n) is 6.02. The van der Waals surface area contributed by atoms with Gasteiger partial charge in [0.15, 0.2) is 0 Å². The summed E-state index contributed by atoms with van der Waals surface area (Å²) in [6, 6.07) is 0. The van der Waals surface area contributed by atoms with Crippen LogP contribution in [-0.4, -0.2) is 10.7 Å². The van der Waals surface area contributed by atoms with E-state index < -0.39 is 0 Å². The highest BCUT2D eigenvalue weighted by atomic mass is 79.9. The summed E-state index contributed by atoms with van der Waals surface area (Å²) in [6.07, 6.45) is 7.95. The van der Waals surface area contributed by atoms with Gasteiger partial charge in [-0.3, -0.25) is 4.79 Å². The lowest BCUT2D eigenvalue weighted by Crippen LogP contribution is -2.53. The first-order valence-corrected chi connectivity index (χ1v) is 6.94. The zero-order valence-corrected chi connectivity index (χ0v) is 10.5. The van der Waals surface area contributed by atoms with E-state index in [1.807, 2.05) is 0 Å². The number of carbonyl (C=O) groups is 1. The molecule has 0 radical (unpaired) electrons. The van der Waals surface area contributed by atoms with Crippen molar-refractivity contribution in [3.8, 4) is 0 Å². The van der Waals surface area contributed by atoms with Crippen molar-refractivity contribution in [3.63, 3.8) is 0 Å². The minimum absolute atomic E-state index is 0.0848. The second-order valence-electron chi connectivity index (χ2n) is 6.04. The summed E-state index contributed by atoms with van der Waals surface area (Å²) in [7, 11) is 0. The molecule has 0 aromatic rings. The zero-order chi connectivity index (χ0) is 10.6. The molecule has 4 aliphatic carbocycles. The van der Waals surface area contributed by atoms with E-state index in [0.29, 0.717) is 0 Å². The van der Waals surface area contributed by atoms with Crippen molar-refractivity contribution in [2.75, 3.05) is 0 Å². The molecule has 2 nitrogen and oxygen atoms in total. The molecule has 1 atom stereocenters. The third-order valence-corrected chi connectivity index (χ3v) is 6.30. The fourth-order valence-corrected chi connectivity index (χ4v) is 5.35. The van der Waals surface area contributed by atoms with Crippen LogP contribution in [0.2, 0.25) is 0 Å². The summed E-state index contributed by atoms with van der Waals surface area (Å²) in [5, 5.41) is 0. The molecule has 0 aliphatic heterocycles. The average molecular weight is 272 g/mol. The van der Waals surface area contributed by atoms with Gasteiger partial charge in [-0.15, -0.1) is 0 Å².